The van der Waals surface area contributed by atoms with Crippen molar-refractivity contribution in [2.24, 2.45) is 5.92 Å². The largest absolute Gasteiger partial charge is 0.466 e. The van der Waals surface area contributed by atoms with Crippen LogP contribution in [0.1, 0.15) is 45.4 Å². The first-order chi connectivity index (χ1) is 8.11. The Morgan fingerprint density at radius 1 is 1.29 bits per heavy atom. The van der Waals surface area contributed by atoms with Crippen LogP contribution in [0.15, 0.2) is 0 Å². The van der Waals surface area contributed by atoms with Crippen molar-refractivity contribution < 1.29 is 24.2 Å². The molecule has 0 aliphatic rings. The van der Waals surface area contributed by atoms with Crippen molar-refractivity contribution in [2.75, 3.05) is 6.61 Å². The molecule has 5 nitrogen and oxygen atoms in total. The minimum atomic E-state index is -1.02. The van der Waals surface area contributed by atoms with E-state index >= 15 is 0 Å². The first kappa shape index (κ1) is 15.6. The Kier molecular flexibility index (Phi) is 9.01. The van der Waals surface area contributed by atoms with Crippen LogP contribution in [-0.2, 0) is 24.2 Å². The van der Waals surface area contributed by atoms with Gasteiger partial charge in [0.25, 0.3) is 0 Å². The Hall–Kier alpha value is -1.39. The molecule has 96 valence electrons. The molecule has 1 atom stereocenters. The molecule has 0 aromatic heterocycles. The summed E-state index contributed by atoms with van der Waals surface area (Å²) in [5.74, 6) is -1.86. The maximum absolute atomic E-state index is 11.0. The number of ether oxygens (including phenoxy) is 1. The summed E-state index contributed by atoms with van der Waals surface area (Å²) >= 11 is 0. The molecule has 0 amide bonds. The average molecular weight is 242 g/mol. The molecular weight excluding hydrogens is 224 g/mol. The minimum absolute atomic E-state index is 0.0557. The summed E-state index contributed by atoms with van der Waals surface area (Å²) in [6.45, 7) is 2.07. The summed E-state index contributed by atoms with van der Waals surface area (Å²) in [6, 6.07) is 0. The number of hydrogen-bond acceptors (Lipinski definition) is 4. The van der Waals surface area contributed by atoms with Crippen LogP contribution in [0.25, 0.3) is 0 Å². The average Bonchev–Trinajstić information content (AvgIpc) is 2.30. The monoisotopic (exact) mass is 242 g/mol. The highest BCUT2D eigenvalue weighted by Crippen LogP contribution is 2.12. The molecule has 0 aliphatic heterocycles. The smallest absolute Gasteiger partial charge is 0.358 e. The third-order valence-electron chi connectivity index (χ3n) is 2.47. The Morgan fingerprint density at radius 3 is 2.53 bits per heavy atom. The number of rotatable bonds is 10. The van der Waals surface area contributed by atoms with Crippen LogP contribution in [0.2, 0.25) is 0 Å². The van der Waals surface area contributed by atoms with Crippen molar-refractivity contribution >= 4 is 18.2 Å². The molecule has 0 aromatic carbocycles. The van der Waals surface area contributed by atoms with Gasteiger partial charge in [-0.15, -0.1) is 0 Å². The fraction of sp³-hybridized carbons (Fsp3) is 0.750. The topological polar surface area (TPSA) is 80.3 Å². The standard InChI is InChI=1S/C12H18O5/c1-2-10(12(15)16)6-3-4-9-17-11(14)7-5-8-13/h10H,2-7,9H2,1H3. The van der Waals surface area contributed by atoms with Gasteiger partial charge < -0.3 is 4.74 Å². The normalized spacial score (nSPS) is 11.8. The zero-order valence-corrected chi connectivity index (χ0v) is 10.1. The molecule has 0 fully saturated rings. The zero-order valence-electron chi connectivity index (χ0n) is 10.1. The molecule has 0 rings (SSSR count). The second-order valence-corrected chi connectivity index (χ2v) is 3.78. The van der Waals surface area contributed by atoms with Gasteiger partial charge in [-0.1, -0.05) is 6.92 Å². The lowest BCUT2D eigenvalue weighted by atomic mass is 10.00. The Morgan fingerprint density at radius 2 is 2.00 bits per heavy atom. The van der Waals surface area contributed by atoms with Crippen LogP contribution in [0, 0.1) is 5.92 Å². The lowest BCUT2D eigenvalue weighted by molar-refractivity contribution is -0.149. The predicted molar refractivity (Wildman–Crippen MR) is 59.2 cm³/mol. The first-order valence-corrected chi connectivity index (χ1v) is 5.83. The van der Waals surface area contributed by atoms with Crippen molar-refractivity contribution in [2.45, 2.75) is 45.4 Å². The fourth-order valence-electron chi connectivity index (χ4n) is 1.39. The van der Waals surface area contributed by atoms with E-state index < -0.39 is 17.9 Å². The molecule has 0 N–H and O–H groups in total. The highest BCUT2D eigenvalue weighted by atomic mass is 16.5. The molecule has 0 aliphatic carbocycles. The number of unbranched alkanes of at least 4 members (excludes halogenated alkanes) is 1. The minimum Gasteiger partial charge on any atom is -0.466 e. The van der Waals surface area contributed by atoms with Gasteiger partial charge in [0, 0.05) is 6.42 Å². The molecule has 0 heterocycles. The summed E-state index contributed by atoms with van der Waals surface area (Å²) in [5, 5.41) is 10.6. The summed E-state index contributed by atoms with van der Waals surface area (Å²) in [5.41, 5.74) is 0. The highest BCUT2D eigenvalue weighted by molar-refractivity contribution is 5.72. The molecule has 5 heteroatoms. The second kappa shape index (κ2) is 9.81. The molecule has 17 heavy (non-hydrogen) atoms. The molecule has 0 saturated heterocycles. The second-order valence-electron chi connectivity index (χ2n) is 3.78. The van der Waals surface area contributed by atoms with E-state index in [4.69, 9.17) is 4.74 Å². The number of carbonyl (C=O) groups excluding carboxylic acids is 3. The lowest BCUT2D eigenvalue weighted by Crippen LogP contribution is -2.12. The van der Waals surface area contributed by atoms with Crippen molar-refractivity contribution in [1.82, 2.24) is 0 Å². The van der Waals surface area contributed by atoms with E-state index in [0.717, 1.165) is 0 Å². The fourth-order valence-corrected chi connectivity index (χ4v) is 1.39. The third-order valence-corrected chi connectivity index (χ3v) is 2.47. The van der Waals surface area contributed by atoms with Gasteiger partial charge in [-0.05, 0) is 25.7 Å². The van der Waals surface area contributed by atoms with Crippen LogP contribution in [0.5, 0.6) is 0 Å². The zero-order chi connectivity index (χ0) is 13.1. The summed E-state index contributed by atoms with van der Waals surface area (Å²) in [6.07, 6.45) is 4.12. The van der Waals surface area contributed by atoms with Crippen molar-refractivity contribution in [3.05, 3.63) is 0 Å². The van der Waals surface area contributed by atoms with Gasteiger partial charge in [0.15, 0.2) is 6.29 Å². The number of hydrogen-bond donors (Lipinski definition) is 0. The van der Waals surface area contributed by atoms with Gasteiger partial charge in [-0.2, -0.15) is 0 Å². The van der Waals surface area contributed by atoms with Crippen LogP contribution in [0.3, 0.4) is 0 Å². The van der Waals surface area contributed by atoms with Crippen molar-refractivity contribution in [1.29, 1.82) is 0 Å². The van der Waals surface area contributed by atoms with E-state index in [-0.39, 0.29) is 19.4 Å². The van der Waals surface area contributed by atoms with Crippen molar-refractivity contribution in [3.63, 3.8) is 0 Å². The van der Waals surface area contributed by atoms with Gasteiger partial charge in [0.05, 0.1) is 18.9 Å². The number of carbonyl (C=O) groups is 2. The molecule has 0 bridgehead atoms. The Bertz CT molecular complexity index is 249. The first-order valence-electron chi connectivity index (χ1n) is 5.83. The maximum atomic E-state index is 11.0. The van der Waals surface area contributed by atoms with Crippen LogP contribution in [0.4, 0.5) is 0 Å². The summed E-state index contributed by atoms with van der Waals surface area (Å²) in [7, 11) is 0. The quantitative estimate of drug-likeness (QED) is 0.430. The van der Waals surface area contributed by atoms with E-state index in [1.807, 2.05) is 0 Å². The molecule has 2 radical (unpaired) electrons. The van der Waals surface area contributed by atoms with Crippen LogP contribution in [-0.4, -0.2) is 24.8 Å². The van der Waals surface area contributed by atoms with E-state index in [2.05, 4.69) is 0 Å². The molecule has 0 aromatic rings. The van der Waals surface area contributed by atoms with E-state index in [1.165, 1.54) is 0 Å². The lowest BCUT2D eigenvalue weighted by Gasteiger charge is -2.07. The summed E-state index contributed by atoms with van der Waals surface area (Å²) in [4.78, 5) is 31.4. The van der Waals surface area contributed by atoms with Crippen molar-refractivity contribution in [3.8, 4) is 0 Å². The van der Waals surface area contributed by atoms with E-state index in [9.17, 15) is 19.5 Å². The van der Waals surface area contributed by atoms with Crippen LogP contribution >= 0.6 is 0 Å². The van der Waals surface area contributed by atoms with E-state index in [0.29, 0.717) is 25.7 Å². The molecule has 0 saturated carbocycles. The summed E-state index contributed by atoms with van der Waals surface area (Å²) < 4.78 is 4.84. The van der Waals surface area contributed by atoms with Gasteiger partial charge in [0.1, 0.15) is 0 Å². The predicted octanol–water partition coefficient (Wildman–Crippen LogP) is 1.57. The van der Waals surface area contributed by atoms with Gasteiger partial charge >= 0.3 is 11.9 Å². The molecule has 1 unspecified atom stereocenters. The highest BCUT2D eigenvalue weighted by Gasteiger charge is 2.16. The van der Waals surface area contributed by atoms with Gasteiger partial charge in [0.2, 0.25) is 0 Å². The molecule has 0 spiro atoms. The molecular formula is C12H18O5. The van der Waals surface area contributed by atoms with Gasteiger partial charge in [-0.25, -0.2) is 9.90 Å². The van der Waals surface area contributed by atoms with E-state index in [1.54, 1.807) is 13.2 Å². The number of esters is 1. The Labute approximate surface area is 101 Å². The van der Waals surface area contributed by atoms with Crippen LogP contribution < -0.4 is 0 Å². The maximum Gasteiger partial charge on any atom is 0.358 e. The third kappa shape index (κ3) is 8.42. The van der Waals surface area contributed by atoms with Gasteiger partial charge in [-0.3, -0.25) is 9.59 Å². The Balaban J connectivity index is 3.48. The SMILES string of the molecule is CCC(CCCCOC(=O)CC[C]=O)C([O])=O.